The highest BCUT2D eigenvalue weighted by molar-refractivity contribution is 14.1. The maximum Gasteiger partial charge on any atom is 0.294 e. The summed E-state index contributed by atoms with van der Waals surface area (Å²) >= 11 is 2.97. The van der Waals surface area contributed by atoms with E-state index in [0.717, 1.165) is 50.3 Å². The molecule has 2 fully saturated rings. The van der Waals surface area contributed by atoms with Crippen molar-refractivity contribution >= 4 is 68.9 Å². The number of methoxy groups -OCH3 is 1. The number of imide groups is 1. The van der Waals surface area contributed by atoms with Gasteiger partial charge in [0, 0.05) is 24.5 Å². The second-order valence-corrected chi connectivity index (χ2v) is 9.51. The number of hydrogen-bond acceptors (Lipinski definition) is 7. The van der Waals surface area contributed by atoms with Crippen LogP contribution in [0.25, 0.3) is 6.08 Å². The van der Waals surface area contributed by atoms with Crippen molar-refractivity contribution in [1.82, 2.24) is 4.90 Å². The quantitative estimate of drug-likeness (QED) is 0.412. The van der Waals surface area contributed by atoms with E-state index in [1.165, 1.54) is 0 Å². The third-order valence-corrected chi connectivity index (χ3v) is 6.93. The van der Waals surface area contributed by atoms with Gasteiger partial charge >= 0.3 is 0 Å². The highest BCUT2D eigenvalue weighted by Gasteiger charge is 2.36. The van der Waals surface area contributed by atoms with Gasteiger partial charge in [-0.1, -0.05) is 6.07 Å². The third-order valence-electron chi connectivity index (χ3n) is 5.18. The SMILES string of the molecule is COc1ccc(/C=C2\SC(=O)N(CC(=O)Nc3ccc(N4CCOCC4)cc3)C2=O)cc1I. The molecule has 0 bridgehead atoms. The van der Waals surface area contributed by atoms with Gasteiger partial charge in [-0.15, -0.1) is 0 Å². The Morgan fingerprint density at radius 1 is 1.18 bits per heavy atom. The Labute approximate surface area is 209 Å². The molecule has 3 amide bonds. The lowest BCUT2D eigenvalue weighted by Crippen LogP contribution is -2.36. The molecule has 2 aliphatic heterocycles. The van der Waals surface area contributed by atoms with Crippen LogP contribution >= 0.6 is 34.4 Å². The number of halogens is 1. The summed E-state index contributed by atoms with van der Waals surface area (Å²) < 4.78 is 11.5. The van der Waals surface area contributed by atoms with E-state index in [-0.39, 0.29) is 11.4 Å². The summed E-state index contributed by atoms with van der Waals surface area (Å²) in [5.41, 5.74) is 2.43. The molecule has 172 valence electrons. The minimum Gasteiger partial charge on any atom is -0.496 e. The molecule has 2 aromatic rings. The Hall–Kier alpha value is -2.57. The van der Waals surface area contributed by atoms with Crippen LogP contribution in [0.1, 0.15) is 5.56 Å². The average Bonchev–Trinajstić information content (AvgIpc) is 3.07. The Bertz CT molecular complexity index is 1100. The van der Waals surface area contributed by atoms with Crippen LogP contribution in [0.5, 0.6) is 5.75 Å². The molecule has 33 heavy (non-hydrogen) atoms. The predicted octanol–water partition coefficient (Wildman–Crippen LogP) is 3.81. The van der Waals surface area contributed by atoms with Crippen molar-refractivity contribution in [3.05, 3.63) is 56.5 Å². The summed E-state index contributed by atoms with van der Waals surface area (Å²) in [6.45, 7) is 2.71. The molecule has 2 saturated heterocycles. The van der Waals surface area contributed by atoms with Crippen LogP contribution < -0.4 is 15.0 Å². The number of rotatable bonds is 6. The minimum absolute atomic E-state index is 0.281. The second kappa shape index (κ2) is 10.6. The number of carbonyl (C=O) groups is 3. The third kappa shape index (κ3) is 5.68. The maximum atomic E-state index is 12.7. The molecule has 0 aromatic heterocycles. The summed E-state index contributed by atoms with van der Waals surface area (Å²) in [6, 6.07) is 12.9. The standard InChI is InChI=1S/C23H22IN3O5S/c1-31-19-7-2-15(12-18(19)24)13-20-22(29)27(23(30)33-20)14-21(28)25-16-3-5-17(6-4-16)26-8-10-32-11-9-26/h2-7,12-13H,8-11,14H2,1H3,(H,25,28)/b20-13-. The summed E-state index contributed by atoms with van der Waals surface area (Å²) in [4.78, 5) is 41.1. The molecule has 10 heteroatoms. The molecule has 1 N–H and O–H groups in total. The first-order chi connectivity index (χ1) is 15.9. The Morgan fingerprint density at radius 3 is 2.58 bits per heavy atom. The van der Waals surface area contributed by atoms with Crippen molar-refractivity contribution in [2.45, 2.75) is 0 Å². The van der Waals surface area contributed by atoms with Gasteiger partial charge in [0.25, 0.3) is 11.1 Å². The van der Waals surface area contributed by atoms with Crippen molar-refractivity contribution in [1.29, 1.82) is 0 Å². The summed E-state index contributed by atoms with van der Waals surface area (Å²) in [5.74, 6) is -0.180. The monoisotopic (exact) mass is 579 g/mol. The first-order valence-corrected chi connectivity index (χ1v) is 12.2. The summed E-state index contributed by atoms with van der Waals surface area (Å²) in [6.07, 6.45) is 1.65. The van der Waals surface area contributed by atoms with Gasteiger partial charge < -0.3 is 19.7 Å². The van der Waals surface area contributed by atoms with Gasteiger partial charge in [0.15, 0.2) is 0 Å². The fraction of sp³-hybridized carbons (Fsp3) is 0.261. The zero-order chi connectivity index (χ0) is 23.4. The summed E-state index contributed by atoms with van der Waals surface area (Å²) in [7, 11) is 1.59. The number of amides is 3. The molecular formula is C23H22IN3O5S. The van der Waals surface area contributed by atoms with Gasteiger partial charge in [-0.25, -0.2) is 0 Å². The van der Waals surface area contributed by atoms with E-state index in [2.05, 4.69) is 32.8 Å². The van der Waals surface area contributed by atoms with E-state index >= 15 is 0 Å². The van der Waals surface area contributed by atoms with E-state index in [1.807, 2.05) is 36.4 Å². The van der Waals surface area contributed by atoms with E-state index < -0.39 is 17.1 Å². The molecule has 0 unspecified atom stereocenters. The van der Waals surface area contributed by atoms with E-state index in [1.54, 1.807) is 19.3 Å². The van der Waals surface area contributed by atoms with Crippen molar-refractivity contribution in [3.63, 3.8) is 0 Å². The Balaban J connectivity index is 1.37. The number of nitrogens with one attached hydrogen (secondary N) is 1. The fourth-order valence-corrected chi connectivity index (χ4v) is 5.08. The molecule has 0 radical (unpaired) electrons. The number of thioether (sulfide) groups is 1. The number of ether oxygens (including phenoxy) is 2. The molecule has 0 saturated carbocycles. The molecule has 4 rings (SSSR count). The lowest BCUT2D eigenvalue weighted by molar-refractivity contribution is -0.127. The first-order valence-electron chi connectivity index (χ1n) is 10.3. The number of benzene rings is 2. The first kappa shape index (κ1) is 23.6. The number of anilines is 2. The van der Waals surface area contributed by atoms with Crippen LogP contribution in [0.2, 0.25) is 0 Å². The van der Waals surface area contributed by atoms with Gasteiger partial charge in [-0.05, 0) is 82.4 Å². The number of nitrogens with zero attached hydrogens (tertiary/aromatic N) is 2. The number of morpholine rings is 1. The van der Waals surface area contributed by atoms with Gasteiger partial charge in [0.05, 0.1) is 28.8 Å². The smallest absolute Gasteiger partial charge is 0.294 e. The highest BCUT2D eigenvalue weighted by atomic mass is 127. The van der Waals surface area contributed by atoms with Gasteiger partial charge in [0.2, 0.25) is 5.91 Å². The van der Waals surface area contributed by atoms with E-state index in [9.17, 15) is 14.4 Å². The Morgan fingerprint density at radius 2 is 1.91 bits per heavy atom. The molecule has 2 heterocycles. The summed E-state index contributed by atoms with van der Waals surface area (Å²) in [5, 5.41) is 2.29. The molecule has 0 aliphatic carbocycles. The van der Waals surface area contributed by atoms with Crippen LogP contribution in [-0.2, 0) is 14.3 Å². The van der Waals surface area contributed by atoms with Gasteiger partial charge in [-0.2, -0.15) is 0 Å². The second-order valence-electron chi connectivity index (χ2n) is 7.36. The predicted molar refractivity (Wildman–Crippen MR) is 136 cm³/mol. The van der Waals surface area contributed by atoms with Gasteiger partial charge in [-0.3, -0.25) is 19.3 Å². The zero-order valence-electron chi connectivity index (χ0n) is 17.9. The van der Waals surface area contributed by atoms with Crippen molar-refractivity contribution < 1.29 is 23.9 Å². The van der Waals surface area contributed by atoms with Crippen LogP contribution in [0, 0.1) is 3.57 Å². The van der Waals surface area contributed by atoms with Crippen molar-refractivity contribution in [2.75, 3.05) is 50.2 Å². The lowest BCUT2D eigenvalue weighted by Gasteiger charge is -2.28. The topological polar surface area (TPSA) is 88.2 Å². The van der Waals surface area contributed by atoms with Crippen LogP contribution in [-0.4, -0.2) is 61.9 Å². The van der Waals surface area contributed by atoms with Crippen LogP contribution in [0.3, 0.4) is 0 Å². The van der Waals surface area contributed by atoms with Crippen LogP contribution in [0.15, 0.2) is 47.4 Å². The molecule has 2 aliphatic rings. The molecule has 2 aromatic carbocycles. The van der Waals surface area contributed by atoms with Crippen molar-refractivity contribution in [2.24, 2.45) is 0 Å². The fourth-order valence-electron chi connectivity index (χ4n) is 3.48. The molecule has 0 atom stereocenters. The Kier molecular flexibility index (Phi) is 7.56. The zero-order valence-corrected chi connectivity index (χ0v) is 20.9. The van der Waals surface area contributed by atoms with E-state index in [0.29, 0.717) is 18.9 Å². The van der Waals surface area contributed by atoms with Crippen molar-refractivity contribution in [3.8, 4) is 5.75 Å². The van der Waals surface area contributed by atoms with E-state index in [4.69, 9.17) is 9.47 Å². The molecule has 8 nitrogen and oxygen atoms in total. The highest BCUT2D eigenvalue weighted by Crippen LogP contribution is 2.33. The minimum atomic E-state index is -0.478. The number of hydrogen-bond donors (Lipinski definition) is 1. The largest absolute Gasteiger partial charge is 0.496 e. The normalized spacial score (nSPS) is 17.6. The van der Waals surface area contributed by atoms with Gasteiger partial charge in [0.1, 0.15) is 12.3 Å². The van der Waals surface area contributed by atoms with Crippen LogP contribution in [0.4, 0.5) is 16.2 Å². The molecular weight excluding hydrogens is 557 g/mol. The number of carbonyl (C=O) groups excluding carboxylic acids is 3. The average molecular weight is 579 g/mol. The maximum absolute atomic E-state index is 12.7. The lowest BCUT2D eigenvalue weighted by atomic mass is 10.2. The molecule has 0 spiro atoms.